The van der Waals surface area contributed by atoms with E-state index in [0.717, 1.165) is 17.3 Å². The van der Waals surface area contributed by atoms with Crippen LogP contribution >= 0.6 is 0 Å². The van der Waals surface area contributed by atoms with Gasteiger partial charge in [-0.1, -0.05) is 32.0 Å². The van der Waals surface area contributed by atoms with Crippen LogP contribution in [-0.4, -0.2) is 40.0 Å². The van der Waals surface area contributed by atoms with Crippen LogP contribution in [0.25, 0.3) is 0 Å². The number of benzene rings is 2. The van der Waals surface area contributed by atoms with E-state index in [9.17, 15) is 29.4 Å². The number of phenolic OH excluding ortho intramolecular Hbond substituents is 2. The summed E-state index contributed by atoms with van der Waals surface area (Å²) in [5.41, 5.74) is 0.186. The first kappa shape index (κ1) is 27.6. The molecule has 0 saturated carbocycles. The number of carbonyl (C=O) groups is 4. The minimum atomic E-state index is -1.59. The molecule has 1 aliphatic heterocycles. The highest BCUT2D eigenvalue weighted by atomic mass is 16.5. The molecule has 2 aliphatic rings. The number of carbonyl (C=O) groups excluding carboxylic acids is 4. The topological polar surface area (TPSA) is 142 Å². The van der Waals surface area contributed by atoms with E-state index in [1.54, 1.807) is 6.92 Å². The minimum absolute atomic E-state index is 0.0279. The van der Waals surface area contributed by atoms with Crippen LogP contribution in [0.3, 0.4) is 0 Å². The number of rotatable bonds is 7. The zero-order chi connectivity index (χ0) is 28.8. The molecule has 0 fully saturated rings. The Morgan fingerprint density at radius 1 is 1.08 bits per heavy atom. The van der Waals surface area contributed by atoms with E-state index < -0.39 is 28.5 Å². The Morgan fingerprint density at radius 2 is 1.74 bits per heavy atom. The molecular formula is C30H32N2O7. The number of Topliss-reactive ketones (excluding diaryl/α,β-unsaturated/α-hetero) is 2. The lowest BCUT2D eigenvalue weighted by atomic mass is 9.70. The van der Waals surface area contributed by atoms with Crippen LogP contribution in [0.5, 0.6) is 17.2 Å². The molecule has 1 heterocycles. The van der Waals surface area contributed by atoms with Crippen LogP contribution in [0.2, 0.25) is 0 Å². The SMILES string of the molecule is CC(=O)c1c(O)c(C)c(O)c2c1OC1=CC(=O)/C(=C(/C)NCCC(=O)Nc3ccccc3C(C)C)C(=O)[C@]12C. The summed E-state index contributed by atoms with van der Waals surface area (Å²) in [6.07, 6.45) is 1.25. The molecule has 0 unspecified atom stereocenters. The molecule has 0 saturated heterocycles. The second-order valence-electron chi connectivity index (χ2n) is 10.4. The lowest BCUT2D eigenvalue weighted by Crippen LogP contribution is -2.41. The van der Waals surface area contributed by atoms with Gasteiger partial charge in [-0.2, -0.15) is 0 Å². The Balaban J connectivity index is 1.59. The highest BCUT2D eigenvalue weighted by molar-refractivity contribution is 6.31. The molecule has 0 spiro atoms. The normalized spacial score (nSPS) is 19.2. The van der Waals surface area contributed by atoms with Gasteiger partial charge in [-0.15, -0.1) is 0 Å². The number of hydrogen-bond donors (Lipinski definition) is 4. The standard InChI is InChI=1S/C30H32N2O7/c1-14(2)18-9-7-8-10-19(18)32-22(35)11-12-31-16(4)23-20(34)13-21-30(6,29(23)38)25-27(37)15(3)26(36)24(17(5)33)28(25)39-21/h7-10,13-14,31,36-37H,11-12H2,1-6H3,(H,32,35)/b23-16+/t30-/m1/s1. The number of amides is 1. The maximum atomic E-state index is 13.8. The van der Waals surface area contributed by atoms with Gasteiger partial charge in [0.2, 0.25) is 5.91 Å². The first-order valence-electron chi connectivity index (χ1n) is 12.7. The zero-order valence-corrected chi connectivity index (χ0v) is 22.8. The Hall–Kier alpha value is -4.40. The van der Waals surface area contributed by atoms with E-state index in [0.29, 0.717) is 0 Å². The van der Waals surface area contributed by atoms with Crippen LogP contribution in [0, 0.1) is 6.92 Å². The highest BCUT2D eigenvalue weighted by Gasteiger charge is 2.56. The van der Waals surface area contributed by atoms with Crippen molar-refractivity contribution in [2.45, 2.75) is 59.3 Å². The van der Waals surface area contributed by atoms with E-state index in [4.69, 9.17) is 4.74 Å². The van der Waals surface area contributed by atoms with Crippen LogP contribution in [0.4, 0.5) is 5.69 Å². The van der Waals surface area contributed by atoms with E-state index >= 15 is 0 Å². The largest absolute Gasteiger partial charge is 0.507 e. The smallest absolute Gasteiger partial charge is 0.226 e. The van der Waals surface area contributed by atoms with E-state index in [-0.39, 0.29) is 70.0 Å². The van der Waals surface area contributed by atoms with Crippen molar-refractivity contribution in [1.82, 2.24) is 5.32 Å². The average Bonchev–Trinajstić information content (AvgIpc) is 3.15. The Labute approximate surface area is 226 Å². The van der Waals surface area contributed by atoms with Gasteiger partial charge in [-0.25, -0.2) is 0 Å². The van der Waals surface area contributed by atoms with Gasteiger partial charge in [0.15, 0.2) is 17.3 Å². The van der Waals surface area contributed by atoms with Crippen molar-refractivity contribution in [2.24, 2.45) is 0 Å². The Morgan fingerprint density at radius 3 is 2.38 bits per heavy atom. The molecule has 9 nitrogen and oxygen atoms in total. The number of phenols is 2. The molecule has 204 valence electrons. The summed E-state index contributed by atoms with van der Waals surface area (Å²) >= 11 is 0. The summed E-state index contributed by atoms with van der Waals surface area (Å²) in [5, 5.41) is 27.3. The third-order valence-corrected chi connectivity index (χ3v) is 7.36. The van der Waals surface area contributed by atoms with E-state index in [1.807, 2.05) is 38.1 Å². The van der Waals surface area contributed by atoms with E-state index in [1.165, 1.54) is 20.8 Å². The first-order chi connectivity index (χ1) is 18.3. The van der Waals surface area contributed by atoms with Crippen LogP contribution in [0.1, 0.15) is 74.0 Å². The predicted molar refractivity (Wildman–Crippen MR) is 145 cm³/mol. The van der Waals surface area contributed by atoms with E-state index in [2.05, 4.69) is 10.6 Å². The minimum Gasteiger partial charge on any atom is -0.507 e. The second-order valence-corrected chi connectivity index (χ2v) is 10.4. The third-order valence-electron chi connectivity index (χ3n) is 7.36. The van der Waals surface area contributed by atoms with Crippen LogP contribution < -0.4 is 15.4 Å². The average molecular weight is 533 g/mol. The van der Waals surface area contributed by atoms with Crippen LogP contribution in [-0.2, 0) is 19.8 Å². The molecule has 1 atom stereocenters. The van der Waals surface area contributed by atoms with Crippen LogP contribution in [0.15, 0.2) is 47.4 Å². The monoisotopic (exact) mass is 532 g/mol. The second kappa shape index (κ2) is 10.1. The fraction of sp³-hybridized carbons (Fsp3) is 0.333. The summed E-state index contributed by atoms with van der Waals surface area (Å²) in [7, 11) is 0. The summed E-state index contributed by atoms with van der Waals surface area (Å²) in [6.45, 7) is 9.98. The maximum Gasteiger partial charge on any atom is 0.226 e. The van der Waals surface area contributed by atoms with Crippen molar-refractivity contribution >= 4 is 28.9 Å². The number of nitrogens with one attached hydrogen (secondary N) is 2. The highest BCUT2D eigenvalue weighted by Crippen LogP contribution is 2.57. The molecule has 2 aromatic rings. The lowest BCUT2D eigenvalue weighted by Gasteiger charge is -2.29. The van der Waals surface area contributed by atoms with Gasteiger partial charge in [0.25, 0.3) is 0 Å². The number of fused-ring (bicyclic) bond motifs is 3. The maximum absolute atomic E-state index is 13.8. The van der Waals surface area contributed by atoms with Gasteiger partial charge in [-0.05, 0) is 45.2 Å². The first-order valence-corrected chi connectivity index (χ1v) is 12.7. The summed E-state index contributed by atoms with van der Waals surface area (Å²) < 4.78 is 5.77. The lowest BCUT2D eigenvalue weighted by molar-refractivity contribution is -0.123. The van der Waals surface area contributed by atoms with Gasteiger partial charge < -0.3 is 25.6 Å². The van der Waals surface area contributed by atoms with Gasteiger partial charge in [0.1, 0.15) is 34.0 Å². The van der Waals surface area contributed by atoms with Crippen molar-refractivity contribution in [3.05, 3.63) is 69.6 Å². The fourth-order valence-corrected chi connectivity index (χ4v) is 5.14. The number of ether oxygens (including phenoxy) is 1. The number of ketones is 3. The van der Waals surface area contributed by atoms with Crippen molar-refractivity contribution in [3.63, 3.8) is 0 Å². The Kier molecular flexibility index (Phi) is 7.12. The number of anilines is 1. The molecule has 39 heavy (non-hydrogen) atoms. The quantitative estimate of drug-likeness (QED) is 0.235. The molecular weight excluding hydrogens is 500 g/mol. The number of aromatic hydroxyl groups is 2. The fourth-order valence-electron chi connectivity index (χ4n) is 5.14. The molecule has 0 bridgehead atoms. The van der Waals surface area contributed by atoms with Crippen molar-refractivity contribution in [2.75, 3.05) is 11.9 Å². The molecule has 2 aromatic carbocycles. The molecule has 1 amide bonds. The Bertz CT molecular complexity index is 1500. The number of hydrogen-bond acceptors (Lipinski definition) is 8. The summed E-state index contributed by atoms with van der Waals surface area (Å²) in [6, 6.07) is 7.56. The molecule has 0 aromatic heterocycles. The predicted octanol–water partition coefficient (Wildman–Crippen LogP) is 4.31. The third kappa shape index (κ3) is 4.47. The van der Waals surface area contributed by atoms with Gasteiger partial charge in [-0.3, -0.25) is 19.2 Å². The van der Waals surface area contributed by atoms with Crippen molar-refractivity contribution in [3.8, 4) is 17.2 Å². The summed E-state index contributed by atoms with van der Waals surface area (Å²) in [5.74, 6) is -2.73. The van der Waals surface area contributed by atoms with Gasteiger partial charge in [0.05, 0.1) is 11.1 Å². The van der Waals surface area contributed by atoms with Crippen molar-refractivity contribution < 1.29 is 34.1 Å². The molecule has 9 heteroatoms. The van der Waals surface area contributed by atoms with Gasteiger partial charge >= 0.3 is 0 Å². The van der Waals surface area contributed by atoms with Gasteiger partial charge in [0, 0.05) is 36.0 Å². The number of para-hydroxylation sites is 1. The summed E-state index contributed by atoms with van der Waals surface area (Å²) in [4.78, 5) is 51.8. The molecule has 4 N–H and O–H groups in total. The van der Waals surface area contributed by atoms with Crippen molar-refractivity contribution in [1.29, 1.82) is 0 Å². The zero-order valence-electron chi connectivity index (χ0n) is 22.8. The number of allylic oxidation sites excluding steroid dienone is 4. The molecule has 0 radical (unpaired) electrons. The molecule has 1 aliphatic carbocycles. The molecule has 4 rings (SSSR count).